The Morgan fingerprint density at radius 1 is 1.57 bits per heavy atom. The van der Waals surface area contributed by atoms with Crippen LogP contribution in [0.15, 0.2) is 18.2 Å². The molecular formula is C10H13NO3. The smallest absolute Gasteiger partial charge is 0.272 e. The standard InChI is InChI=1S/C10H13NO3/c1-7-4-3-5-10(11(13)14)9(7)6-8(2)12/h3-5,8,12H,6H2,1-2H3/t8-/m1/s1. The third-order valence-corrected chi connectivity index (χ3v) is 2.08. The molecule has 0 saturated carbocycles. The van der Waals surface area contributed by atoms with E-state index in [4.69, 9.17) is 0 Å². The van der Waals surface area contributed by atoms with Gasteiger partial charge in [0.15, 0.2) is 0 Å². The summed E-state index contributed by atoms with van der Waals surface area (Å²) in [5, 5.41) is 19.9. The minimum Gasteiger partial charge on any atom is -0.393 e. The lowest BCUT2D eigenvalue weighted by atomic mass is 10.0. The van der Waals surface area contributed by atoms with E-state index in [1.54, 1.807) is 13.0 Å². The molecule has 0 fully saturated rings. The van der Waals surface area contributed by atoms with Crippen molar-refractivity contribution in [2.24, 2.45) is 0 Å². The highest BCUT2D eigenvalue weighted by molar-refractivity contribution is 5.45. The molecule has 1 N–H and O–H groups in total. The van der Waals surface area contributed by atoms with Crippen molar-refractivity contribution in [1.82, 2.24) is 0 Å². The maximum atomic E-state index is 10.7. The second-order valence-corrected chi connectivity index (χ2v) is 3.38. The Labute approximate surface area is 82.3 Å². The maximum absolute atomic E-state index is 10.7. The van der Waals surface area contributed by atoms with Crippen LogP contribution in [0, 0.1) is 17.0 Å². The van der Waals surface area contributed by atoms with Crippen LogP contribution in [0.2, 0.25) is 0 Å². The first kappa shape index (κ1) is 10.7. The Bertz CT molecular complexity index is 347. The van der Waals surface area contributed by atoms with E-state index >= 15 is 0 Å². The van der Waals surface area contributed by atoms with Crippen molar-refractivity contribution in [3.63, 3.8) is 0 Å². The fourth-order valence-corrected chi connectivity index (χ4v) is 1.42. The molecule has 1 atom stereocenters. The first-order chi connectivity index (χ1) is 6.52. The molecule has 4 heteroatoms. The number of rotatable bonds is 3. The second-order valence-electron chi connectivity index (χ2n) is 3.38. The van der Waals surface area contributed by atoms with Crippen molar-refractivity contribution in [3.05, 3.63) is 39.4 Å². The number of nitrogens with zero attached hydrogens (tertiary/aromatic N) is 1. The lowest BCUT2D eigenvalue weighted by Crippen LogP contribution is -2.08. The molecule has 0 bridgehead atoms. The molecule has 0 radical (unpaired) electrons. The molecule has 0 amide bonds. The molecule has 4 nitrogen and oxygen atoms in total. The maximum Gasteiger partial charge on any atom is 0.272 e. The van der Waals surface area contributed by atoms with Gasteiger partial charge in [0.1, 0.15) is 0 Å². The SMILES string of the molecule is Cc1cccc([N+](=O)[O-])c1C[C@@H](C)O. The topological polar surface area (TPSA) is 63.4 Å². The molecule has 14 heavy (non-hydrogen) atoms. The van der Waals surface area contributed by atoms with Crippen LogP contribution >= 0.6 is 0 Å². The molecule has 0 aliphatic carbocycles. The van der Waals surface area contributed by atoms with Gasteiger partial charge in [0, 0.05) is 18.1 Å². The highest BCUT2D eigenvalue weighted by Gasteiger charge is 2.16. The van der Waals surface area contributed by atoms with Gasteiger partial charge in [-0.3, -0.25) is 10.1 Å². The Morgan fingerprint density at radius 3 is 2.71 bits per heavy atom. The molecule has 76 valence electrons. The summed E-state index contributed by atoms with van der Waals surface area (Å²) in [5.41, 5.74) is 1.55. The number of aryl methyl sites for hydroxylation is 1. The zero-order valence-corrected chi connectivity index (χ0v) is 8.23. The van der Waals surface area contributed by atoms with Crippen LogP contribution in [0.1, 0.15) is 18.1 Å². The minimum absolute atomic E-state index is 0.0888. The van der Waals surface area contributed by atoms with Crippen molar-refractivity contribution in [3.8, 4) is 0 Å². The second kappa shape index (κ2) is 4.19. The van der Waals surface area contributed by atoms with Gasteiger partial charge in [-0.25, -0.2) is 0 Å². The highest BCUT2D eigenvalue weighted by Crippen LogP contribution is 2.23. The molecule has 0 unspecified atom stereocenters. The minimum atomic E-state index is -0.560. The first-order valence-electron chi connectivity index (χ1n) is 4.43. The molecule has 1 rings (SSSR count). The van der Waals surface area contributed by atoms with E-state index in [0.717, 1.165) is 5.56 Å². The van der Waals surface area contributed by atoms with Crippen LogP contribution in [0.25, 0.3) is 0 Å². The predicted molar refractivity (Wildman–Crippen MR) is 53.2 cm³/mol. The van der Waals surface area contributed by atoms with Gasteiger partial charge in [-0.05, 0) is 19.4 Å². The van der Waals surface area contributed by atoms with Crippen LogP contribution in [-0.4, -0.2) is 16.1 Å². The predicted octanol–water partition coefficient (Wildman–Crippen LogP) is 1.83. The van der Waals surface area contributed by atoms with E-state index in [1.165, 1.54) is 6.07 Å². The summed E-state index contributed by atoms with van der Waals surface area (Å²) in [6.07, 6.45) is -0.238. The number of aliphatic hydroxyl groups excluding tert-OH is 1. The third-order valence-electron chi connectivity index (χ3n) is 2.08. The number of hydrogen-bond donors (Lipinski definition) is 1. The molecule has 0 heterocycles. The molecule has 0 aliphatic rings. The summed E-state index contributed by atoms with van der Waals surface area (Å²) < 4.78 is 0. The molecule has 0 aromatic heterocycles. The third kappa shape index (κ3) is 2.29. The number of nitro groups is 1. The Hall–Kier alpha value is -1.42. The van der Waals surface area contributed by atoms with E-state index in [0.29, 0.717) is 12.0 Å². The van der Waals surface area contributed by atoms with E-state index in [2.05, 4.69) is 0 Å². The Kier molecular flexibility index (Phi) is 3.19. The molecule has 0 aliphatic heterocycles. The van der Waals surface area contributed by atoms with Gasteiger partial charge in [0.2, 0.25) is 0 Å². The van der Waals surface area contributed by atoms with Gasteiger partial charge in [-0.15, -0.1) is 0 Å². The van der Waals surface area contributed by atoms with Crippen molar-refractivity contribution in [2.75, 3.05) is 0 Å². The van der Waals surface area contributed by atoms with Gasteiger partial charge in [-0.1, -0.05) is 12.1 Å². The van der Waals surface area contributed by atoms with E-state index < -0.39 is 11.0 Å². The largest absolute Gasteiger partial charge is 0.393 e. The van der Waals surface area contributed by atoms with E-state index in [-0.39, 0.29) is 5.69 Å². The number of benzene rings is 1. The zero-order valence-electron chi connectivity index (χ0n) is 8.23. The van der Waals surface area contributed by atoms with E-state index in [9.17, 15) is 15.2 Å². The molecule has 0 spiro atoms. The van der Waals surface area contributed by atoms with Crippen LogP contribution in [0.5, 0.6) is 0 Å². The van der Waals surface area contributed by atoms with Crippen molar-refractivity contribution in [1.29, 1.82) is 0 Å². The number of nitro benzene ring substituents is 1. The van der Waals surface area contributed by atoms with Gasteiger partial charge in [0.25, 0.3) is 5.69 Å². The molecular weight excluding hydrogens is 182 g/mol. The fraction of sp³-hybridized carbons (Fsp3) is 0.400. The Morgan fingerprint density at radius 2 is 2.21 bits per heavy atom. The van der Waals surface area contributed by atoms with E-state index in [1.807, 2.05) is 13.0 Å². The highest BCUT2D eigenvalue weighted by atomic mass is 16.6. The summed E-state index contributed by atoms with van der Waals surface area (Å²) in [4.78, 5) is 10.3. The summed E-state index contributed by atoms with van der Waals surface area (Å²) in [5.74, 6) is 0. The van der Waals surface area contributed by atoms with Crippen LogP contribution in [-0.2, 0) is 6.42 Å². The summed E-state index contributed by atoms with van der Waals surface area (Å²) in [6, 6.07) is 4.93. The van der Waals surface area contributed by atoms with Gasteiger partial charge >= 0.3 is 0 Å². The van der Waals surface area contributed by atoms with Crippen molar-refractivity contribution >= 4 is 5.69 Å². The summed E-state index contributed by atoms with van der Waals surface area (Å²) in [6.45, 7) is 3.43. The van der Waals surface area contributed by atoms with Gasteiger partial charge in [0.05, 0.1) is 11.0 Å². The fourth-order valence-electron chi connectivity index (χ4n) is 1.42. The average molecular weight is 195 g/mol. The molecule has 1 aromatic carbocycles. The summed E-state index contributed by atoms with van der Waals surface area (Å²) >= 11 is 0. The normalized spacial score (nSPS) is 12.5. The lowest BCUT2D eigenvalue weighted by molar-refractivity contribution is -0.385. The lowest BCUT2D eigenvalue weighted by Gasteiger charge is -2.08. The zero-order chi connectivity index (χ0) is 10.7. The number of aliphatic hydroxyl groups is 1. The van der Waals surface area contributed by atoms with Gasteiger partial charge < -0.3 is 5.11 Å². The average Bonchev–Trinajstić information content (AvgIpc) is 2.07. The first-order valence-corrected chi connectivity index (χ1v) is 4.43. The quantitative estimate of drug-likeness (QED) is 0.591. The van der Waals surface area contributed by atoms with Crippen molar-refractivity contribution < 1.29 is 10.0 Å². The summed E-state index contributed by atoms with van der Waals surface area (Å²) in [7, 11) is 0. The van der Waals surface area contributed by atoms with Gasteiger partial charge in [-0.2, -0.15) is 0 Å². The van der Waals surface area contributed by atoms with Crippen LogP contribution in [0.3, 0.4) is 0 Å². The Balaban J connectivity index is 3.15. The molecule has 0 saturated heterocycles. The van der Waals surface area contributed by atoms with Crippen LogP contribution in [0.4, 0.5) is 5.69 Å². The van der Waals surface area contributed by atoms with Crippen LogP contribution < -0.4 is 0 Å². The number of hydrogen-bond acceptors (Lipinski definition) is 3. The monoisotopic (exact) mass is 195 g/mol. The van der Waals surface area contributed by atoms with Crippen molar-refractivity contribution in [2.45, 2.75) is 26.4 Å². The molecule has 1 aromatic rings.